The molecule has 3 saturated heterocycles. The van der Waals surface area contributed by atoms with Gasteiger partial charge in [0.15, 0.2) is 17.3 Å². The van der Waals surface area contributed by atoms with Crippen LogP contribution in [-0.4, -0.2) is 188 Å². The van der Waals surface area contributed by atoms with E-state index in [1.54, 1.807) is 39.0 Å². The van der Waals surface area contributed by atoms with E-state index in [0.29, 0.717) is 82.3 Å². The van der Waals surface area contributed by atoms with Gasteiger partial charge in [0.25, 0.3) is 0 Å². The van der Waals surface area contributed by atoms with Crippen molar-refractivity contribution in [2.75, 3.05) is 45.8 Å². The first-order valence-electron chi connectivity index (χ1n) is 50.0. The number of piperidine rings is 2. The number of rotatable bonds is 22. The van der Waals surface area contributed by atoms with Crippen LogP contribution in [0.15, 0.2) is 325 Å². The summed E-state index contributed by atoms with van der Waals surface area (Å²) in [7, 11) is 0. The van der Waals surface area contributed by atoms with E-state index in [2.05, 4.69) is 140 Å². The smallest absolute Gasteiger partial charge is 0.407 e. The minimum Gasteiger partial charge on any atom is -0.444 e. The zero-order chi connectivity index (χ0) is 104. The van der Waals surface area contributed by atoms with Crippen LogP contribution in [0.3, 0.4) is 0 Å². The first-order chi connectivity index (χ1) is 70.0. The third-order valence-electron chi connectivity index (χ3n) is 24.5. The summed E-state index contributed by atoms with van der Waals surface area (Å²) >= 11 is 0. The highest BCUT2D eigenvalue weighted by atomic mass is 16.9. The number of aliphatic hydroxyl groups is 6. The molecule has 0 aromatic heterocycles. The van der Waals surface area contributed by atoms with Crippen molar-refractivity contribution >= 4 is 123 Å². The van der Waals surface area contributed by atoms with Gasteiger partial charge in [-0.3, -0.25) is 24.7 Å². The van der Waals surface area contributed by atoms with Gasteiger partial charge in [-0.15, -0.1) is 11.6 Å². The lowest BCUT2D eigenvalue weighted by molar-refractivity contribution is -0.0676. The molecule has 5 heterocycles. The van der Waals surface area contributed by atoms with Gasteiger partial charge < -0.3 is 76.6 Å². The number of benzene rings is 14. The molecule has 14 aromatic rings. The van der Waals surface area contributed by atoms with Gasteiger partial charge in [0.2, 0.25) is 0 Å². The van der Waals surface area contributed by atoms with Crippen molar-refractivity contribution < 1.29 is 83.7 Å². The van der Waals surface area contributed by atoms with Gasteiger partial charge in [0.05, 0.1) is 42.4 Å². The van der Waals surface area contributed by atoms with Crippen LogP contribution in [0.2, 0.25) is 0 Å². The number of Topliss-reactive ketones (excluding diaryl/α,β-unsaturated/α-hetero) is 2. The number of oxime groups is 2. The molecule has 3 amide bonds. The summed E-state index contributed by atoms with van der Waals surface area (Å²) < 4.78 is 15.3. The monoisotopic (exact) mass is 1980 g/mol. The van der Waals surface area contributed by atoms with Gasteiger partial charge in [0, 0.05) is 112 Å². The maximum absolute atomic E-state index is 12.3. The molecular formula is C120H139N9O17. The molecule has 0 spiro atoms. The molecule has 26 nitrogen and oxygen atoms in total. The zero-order valence-corrected chi connectivity index (χ0v) is 84.8. The number of nitrogens with one attached hydrogen (secondary N) is 4. The number of nitrogens with two attached hydrogens (primary N) is 1. The summed E-state index contributed by atoms with van der Waals surface area (Å²) in [6.07, 6.45) is 6.55. The Morgan fingerprint density at radius 2 is 0.884 bits per heavy atom. The molecule has 13 N–H and O–H groups in total. The number of amides is 3. The van der Waals surface area contributed by atoms with Gasteiger partial charge >= 0.3 is 18.3 Å². The minimum absolute atomic E-state index is 0.0172. The lowest BCUT2D eigenvalue weighted by Gasteiger charge is -2.36. The Balaban J connectivity index is 0.000000150. The molecule has 766 valence electrons. The van der Waals surface area contributed by atoms with E-state index in [1.807, 2.05) is 235 Å². The lowest BCUT2D eigenvalue weighted by atomic mass is 9.90. The van der Waals surface area contributed by atoms with Crippen molar-refractivity contribution in [3.05, 3.63) is 349 Å². The molecule has 26 heteroatoms. The standard InChI is InChI=1S/C20H24N2O3.C20H25NO4.C15H15NO2.2C15H17NO2.C15H15NO.C11H9NO.C9H17NO2/c1-20(2,3)24-19(23)21-11-10-17-13-18(22-25-17)16-9-8-14-6-4-5-7-15(14)12-16;1-20(2,3)25-19(24)21-11-10-17(22)13-18(23)16-9-8-14-6-4-5-7-15(14)12-16;17-14-7-8-16-15(10-14,18-16)13-6-5-11-3-1-2-4-12(11)9-13;17-14-7-8-16-15(18,10-14)13-6-5-11-3-1-2-4-12(11)9-13;16-8-7-14(17)10-15(18)13-6-5-11-3-1-2-4-12(11)9-13;17-14-7-8-16-15(10-14)13-6-5-11-3-1-2-4-12(11)9-13;13-12-8-9-5-6-10-3-1-2-4-11(10)7-9;1-5-6-7-10-8(11)12-9(2,3)4/h4-9,12,17H,10-11,13H2,1-3H3,(H,21,23);4-9,12,17,22H,10-11,13H2,1-3H3,(H,21,24);1-6,9,14,17H,7-8,10H2;1-6,9,14,16-18H,7-8,10H2;1-6,9,14,17H,7-8,10,16H2;1-6,9,14,17H,7-8,10H2;1-8,13H;5H,1,6-7H2,2-4H3,(H,10,11)/b;;;;;;12-8+;. The highest BCUT2D eigenvalue weighted by Gasteiger charge is 2.59. The number of fused-ring (bicyclic) bond motifs is 8. The lowest BCUT2D eigenvalue weighted by Crippen LogP contribution is -2.50. The second kappa shape index (κ2) is 53.2. The summed E-state index contributed by atoms with van der Waals surface area (Å²) in [6, 6.07) is 98.8. The molecule has 9 unspecified atom stereocenters. The second-order valence-electron chi connectivity index (χ2n) is 39.8. The minimum atomic E-state index is -1.11. The quantitative estimate of drug-likeness (QED) is 0.00438. The molecule has 146 heavy (non-hydrogen) atoms. The molecule has 0 radical (unpaired) electrons. The topological polar surface area (TPSA) is 391 Å². The summed E-state index contributed by atoms with van der Waals surface area (Å²) in [5, 5.41) is 104. The third-order valence-corrected chi connectivity index (χ3v) is 24.5. The number of ether oxygens (including phenoxy) is 3. The molecule has 0 aliphatic carbocycles. The van der Waals surface area contributed by atoms with Crippen LogP contribution in [0.5, 0.6) is 0 Å². The van der Waals surface area contributed by atoms with Crippen molar-refractivity contribution in [3.63, 3.8) is 0 Å². The molecule has 3 fully saturated rings. The zero-order valence-electron chi connectivity index (χ0n) is 84.8. The Kier molecular flexibility index (Phi) is 40.4. The number of carbonyl (C=O) groups excluding carboxylic acids is 5. The fraction of sp³-hybridized carbons (Fsp3) is 0.333. The van der Waals surface area contributed by atoms with E-state index in [4.69, 9.17) is 34.8 Å². The first kappa shape index (κ1) is 111. The van der Waals surface area contributed by atoms with Crippen molar-refractivity contribution in [1.29, 1.82) is 0 Å². The largest absolute Gasteiger partial charge is 0.444 e. The summed E-state index contributed by atoms with van der Waals surface area (Å²) in [5.41, 5.74) is 10.7. The van der Waals surface area contributed by atoms with E-state index in [9.17, 15) is 54.6 Å². The number of hydroxylamine groups is 2. The van der Waals surface area contributed by atoms with Crippen LogP contribution in [0, 0.1) is 0 Å². The van der Waals surface area contributed by atoms with Crippen LogP contribution in [-0.2, 0) is 35.3 Å². The molecule has 5 aliphatic heterocycles. The molecule has 9 atom stereocenters. The Morgan fingerprint density at radius 3 is 1.34 bits per heavy atom. The fourth-order valence-corrected chi connectivity index (χ4v) is 17.1. The van der Waals surface area contributed by atoms with Crippen LogP contribution in [0.4, 0.5) is 14.4 Å². The van der Waals surface area contributed by atoms with E-state index in [-0.39, 0.29) is 61.1 Å². The maximum Gasteiger partial charge on any atom is 0.407 e. The molecule has 19 rings (SSSR count). The Labute approximate surface area is 854 Å². The van der Waals surface area contributed by atoms with Gasteiger partial charge in [-0.05, 0) is 242 Å². The Hall–Kier alpha value is -14.0. The number of alkyl carbamates (subject to hydrolysis) is 3. The van der Waals surface area contributed by atoms with Gasteiger partial charge in [-0.1, -0.05) is 271 Å². The van der Waals surface area contributed by atoms with E-state index in [1.165, 1.54) is 43.9 Å². The highest BCUT2D eigenvalue weighted by Crippen LogP contribution is 2.52. The van der Waals surface area contributed by atoms with Crippen molar-refractivity contribution in [2.45, 2.75) is 211 Å². The third kappa shape index (κ3) is 34.6. The van der Waals surface area contributed by atoms with E-state index >= 15 is 0 Å². The fourth-order valence-electron chi connectivity index (χ4n) is 17.1. The van der Waals surface area contributed by atoms with Crippen LogP contribution in [0.1, 0.15) is 194 Å². The number of hydrogen-bond donors (Lipinski definition) is 12. The van der Waals surface area contributed by atoms with Crippen molar-refractivity contribution in [3.8, 4) is 0 Å². The summed E-state index contributed by atoms with van der Waals surface area (Å²) in [4.78, 5) is 74.2. The molecule has 0 saturated carbocycles. The Morgan fingerprint density at radius 1 is 0.479 bits per heavy atom. The molecular weight excluding hydrogens is 1840 g/mol. The van der Waals surface area contributed by atoms with Crippen LogP contribution in [0.25, 0.3) is 75.4 Å². The van der Waals surface area contributed by atoms with Crippen molar-refractivity contribution in [1.82, 2.24) is 26.3 Å². The average molecular weight is 1980 g/mol. The second-order valence-corrected chi connectivity index (χ2v) is 39.8. The first-order valence-corrected chi connectivity index (χ1v) is 50.0. The Bertz CT molecular complexity index is 6750. The van der Waals surface area contributed by atoms with Crippen LogP contribution >= 0.6 is 0 Å². The number of aliphatic hydroxyl groups excluding tert-OH is 5. The molecule has 0 bridgehead atoms. The predicted octanol–water partition coefficient (Wildman–Crippen LogP) is 21.7. The van der Waals surface area contributed by atoms with Crippen molar-refractivity contribution in [2.24, 2.45) is 21.0 Å². The van der Waals surface area contributed by atoms with Gasteiger partial charge in [0.1, 0.15) is 28.6 Å². The van der Waals surface area contributed by atoms with Gasteiger partial charge in [-0.2, -0.15) is 0 Å². The number of carbonyl (C=O) groups is 5. The summed E-state index contributed by atoms with van der Waals surface area (Å²) in [5.74, 6) is -0.155. The van der Waals surface area contributed by atoms with Gasteiger partial charge in [-0.25, -0.2) is 14.4 Å². The predicted molar refractivity (Wildman–Crippen MR) is 582 cm³/mol. The number of nitrogens with zero attached hydrogens (tertiary/aromatic N) is 4. The summed E-state index contributed by atoms with van der Waals surface area (Å²) in [6.45, 7) is 23.8. The average Bonchev–Trinajstić information content (AvgIpc) is 1.56. The van der Waals surface area contributed by atoms with E-state index < -0.39 is 53.0 Å². The highest BCUT2D eigenvalue weighted by molar-refractivity contribution is 6.06. The molecule has 14 aromatic carbocycles. The normalized spacial score (nSPS) is 18.6. The maximum atomic E-state index is 12.3. The van der Waals surface area contributed by atoms with E-state index in [0.717, 1.165) is 116 Å². The number of hydrogen-bond acceptors (Lipinski definition) is 23. The number of aliphatic imine (C=N–C) groups is 1. The molecule has 5 aliphatic rings. The SMILES string of the molecule is C=CCCNC(=O)OC(C)(C)C.CC(C)(C)OC(=O)NCCC(O)CC(=O)c1ccc2ccccc2c1.CC(C)(C)OC(=O)NCCC1CC(c2ccc3ccccc3c2)=NO1.NCCC(O)CC(=O)c1ccc2ccccc2c1.O/N=C/c1ccc2ccccc2c1.OC1CCN2OC2(c2ccc3ccccc3c2)C1.OC1CCN=C(c2ccc3ccccc3c2)C1.OC1CCNC(O)(c2ccc3ccccc3c2)C1. The van der Waals surface area contributed by atoms with Crippen LogP contribution < -0.4 is 27.0 Å². The number of ketones is 2.